The first kappa shape index (κ1) is 16.4. The van der Waals surface area contributed by atoms with Crippen molar-refractivity contribution in [2.75, 3.05) is 0 Å². The van der Waals surface area contributed by atoms with Gasteiger partial charge < -0.3 is 0 Å². The maximum absolute atomic E-state index is 13.6. The quantitative estimate of drug-likeness (QED) is 0.474. The number of nitrogens with one attached hydrogen (secondary N) is 1. The average molecular weight is 384 g/mol. The number of hydrogen-bond donors (Lipinski definition) is 1. The Morgan fingerprint density at radius 2 is 1.88 bits per heavy atom. The van der Waals surface area contributed by atoms with Crippen LogP contribution in [-0.4, -0.2) is 26.7 Å². The number of carbonyl (C=O) groups is 1. The van der Waals surface area contributed by atoms with Gasteiger partial charge in [0.15, 0.2) is 0 Å². The molecule has 0 atom stereocenters. The number of halogens is 1. The Hall–Kier alpha value is -2.49. The zero-order valence-electron chi connectivity index (χ0n) is 12.7. The van der Waals surface area contributed by atoms with E-state index in [-0.39, 0.29) is 5.56 Å². The summed E-state index contributed by atoms with van der Waals surface area (Å²) in [5.41, 5.74) is 3.14. The van der Waals surface area contributed by atoms with Crippen molar-refractivity contribution in [3.63, 3.8) is 0 Å². The number of rotatable bonds is 2. The standard InChI is InChI=1S/C19H14FN2OSe/c20-17-8-4-3-7-16(17)18(23)22-19(24)21-15-11-9-14(10-12-15)13-5-1-2-6-13/h1-9,11-12H,10H2,(H,21,22,23). The minimum atomic E-state index is -0.562. The van der Waals surface area contributed by atoms with Crippen LogP contribution in [-0.2, 0) is 0 Å². The van der Waals surface area contributed by atoms with Gasteiger partial charge in [-0.05, 0) is 0 Å². The monoisotopic (exact) mass is 385 g/mol. The van der Waals surface area contributed by atoms with Crippen molar-refractivity contribution in [1.29, 1.82) is 0 Å². The normalized spacial score (nSPS) is 16.5. The molecular weight excluding hydrogens is 370 g/mol. The van der Waals surface area contributed by atoms with Crippen LogP contribution in [0.5, 0.6) is 0 Å². The number of hydrogen-bond acceptors (Lipinski definition) is 2. The van der Waals surface area contributed by atoms with Gasteiger partial charge in [-0.15, -0.1) is 0 Å². The van der Waals surface area contributed by atoms with Crippen molar-refractivity contribution < 1.29 is 9.18 Å². The zero-order chi connectivity index (χ0) is 16.9. The molecule has 2 aliphatic rings. The van der Waals surface area contributed by atoms with Crippen molar-refractivity contribution in [1.82, 2.24) is 5.32 Å². The summed E-state index contributed by atoms with van der Waals surface area (Å²) in [7, 11) is 0. The predicted octanol–water partition coefficient (Wildman–Crippen LogP) is 3.35. The molecule has 0 aromatic heterocycles. The molecule has 1 aromatic rings. The first-order valence-corrected chi connectivity index (χ1v) is 8.27. The van der Waals surface area contributed by atoms with Crippen LogP contribution in [0.15, 0.2) is 88.6 Å². The second-order valence-electron chi connectivity index (χ2n) is 5.22. The number of allylic oxidation sites excluding steroid dienone is 9. The Bertz CT molecular complexity index is 846. The molecule has 5 heteroatoms. The maximum atomic E-state index is 13.6. The van der Waals surface area contributed by atoms with Crippen molar-refractivity contribution >= 4 is 26.7 Å². The second-order valence-corrected chi connectivity index (χ2v) is 6.03. The molecule has 0 fully saturated rings. The zero-order valence-corrected chi connectivity index (χ0v) is 14.4. The minimum absolute atomic E-state index is 0.0135. The Kier molecular flexibility index (Phi) is 5.04. The average Bonchev–Trinajstić information content (AvgIpc) is 3.10. The third-order valence-corrected chi connectivity index (χ3v) is 4.00. The van der Waals surface area contributed by atoms with Gasteiger partial charge >= 0.3 is 148 Å². The first-order chi connectivity index (χ1) is 11.6. The second kappa shape index (κ2) is 7.39. The fourth-order valence-corrected chi connectivity index (χ4v) is 2.79. The van der Waals surface area contributed by atoms with E-state index in [1.54, 1.807) is 6.07 Å². The van der Waals surface area contributed by atoms with Crippen molar-refractivity contribution in [3.8, 4) is 0 Å². The van der Waals surface area contributed by atoms with Crippen molar-refractivity contribution in [2.45, 2.75) is 6.42 Å². The molecule has 0 saturated heterocycles. The summed E-state index contributed by atoms with van der Waals surface area (Å²) in [6, 6.07) is 5.83. The van der Waals surface area contributed by atoms with E-state index in [0.717, 1.165) is 12.1 Å². The molecule has 2 aliphatic carbocycles. The van der Waals surface area contributed by atoms with Gasteiger partial charge in [-0.3, -0.25) is 0 Å². The van der Waals surface area contributed by atoms with Gasteiger partial charge in [0, 0.05) is 0 Å². The van der Waals surface area contributed by atoms with Crippen LogP contribution in [0.2, 0.25) is 0 Å². The van der Waals surface area contributed by atoms with E-state index in [9.17, 15) is 9.18 Å². The van der Waals surface area contributed by atoms with Crippen LogP contribution < -0.4 is 5.32 Å². The molecule has 1 radical (unpaired) electrons. The summed E-state index contributed by atoms with van der Waals surface area (Å²) in [6.45, 7) is 0. The van der Waals surface area contributed by atoms with E-state index in [0.29, 0.717) is 4.73 Å². The molecule has 1 N–H and O–H groups in total. The van der Waals surface area contributed by atoms with Gasteiger partial charge in [-0.25, -0.2) is 0 Å². The molecular formula is C19H14FN2OSe. The summed E-state index contributed by atoms with van der Waals surface area (Å²) in [4.78, 5) is 16.3. The Morgan fingerprint density at radius 3 is 2.54 bits per heavy atom. The van der Waals surface area contributed by atoms with Crippen LogP contribution in [0.3, 0.4) is 0 Å². The van der Waals surface area contributed by atoms with Crippen LogP contribution in [0.25, 0.3) is 0 Å². The van der Waals surface area contributed by atoms with E-state index >= 15 is 0 Å². The summed E-state index contributed by atoms with van der Waals surface area (Å²) in [6.07, 6.45) is 14.8. The van der Waals surface area contributed by atoms with Gasteiger partial charge in [0.2, 0.25) is 0 Å². The summed E-state index contributed by atoms with van der Waals surface area (Å²) in [5, 5.41) is 2.56. The molecule has 0 unspecified atom stereocenters. The Labute approximate surface area is 147 Å². The first-order valence-electron chi connectivity index (χ1n) is 7.41. The molecule has 1 amide bonds. The van der Waals surface area contributed by atoms with E-state index in [1.807, 2.05) is 30.4 Å². The van der Waals surface area contributed by atoms with Gasteiger partial charge in [0.25, 0.3) is 0 Å². The number of amides is 1. The van der Waals surface area contributed by atoms with Crippen LogP contribution in [0, 0.1) is 5.82 Å². The Morgan fingerprint density at radius 1 is 1.12 bits per heavy atom. The van der Waals surface area contributed by atoms with E-state index in [4.69, 9.17) is 0 Å². The van der Waals surface area contributed by atoms with Crippen LogP contribution in [0.1, 0.15) is 16.8 Å². The number of benzene rings is 1. The molecule has 1 aromatic carbocycles. The predicted molar refractivity (Wildman–Crippen MR) is 94.2 cm³/mol. The molecule has 0 heterocycles. The van der Waals surface area contributed by atoms with Crippen LogP contribution in [0.4, 0.5) is 4.39 Å². The number of carbonyl (C=O) groups excluding carboxylic acids is 1. The number of aliphatic imine (C=N–C) groups is 1. The van der Waals surface area contributed by atoms with Gasteiger partial charge in [-0.1, -0.05) is 0 Å². The fraction of sp³-hybridized carbons (Fsp3) is 0.0526. The van der Waals surface area contributed by atoms with E-state index < -0.39 is 11.7 Å². The summed E-state index contributed by atoms with van der Waals surface area (Å²) >= 11 is 2.70. The molecule has 24 heavy (non-hydrogen) atoms. The van der Waals surface area contributed by atoms with Gasteiger partial charge in [-0.2, -0.15) is 0 Å². The van der Waals surface area contributed by atoms with Crippen molar-refractivity contribution in [3.05, 3.63) is 95.0 Å². The summed E-state index contributed by atoms with van der Waals surface area (Å²) < 4.78 is 13.9. The molecule has 0 bridgehead atoms. The van der Waals surface area contributed by atoms with E-state index in [1.165, 1.54) is 29.3 Å². The third kappa shape index (κ3) is 3.88. The van der Waals surface area contributed by atoms with Gasteiger partial charge in [0.1, 0.15) is 0 Å². The molecule has 0 saturated carbocycles. The number of amidine groups is 1. The third-order valence-electron chi connectivity index (χ3n) is 3.59. The molecule has 119 valence electrons. The summed E-state index contributed by atoms with van der Waals surface area (Å²) in [5.74, 6) is -1.09. The SMILES string of the molecule is O=C(NC([Se])=NC1=CCC(=C2C=CC=C2)C=C1)c1ccccc1F. The molecule has 3 rings (SSSR count). The van der Waals surface area contributed by atoms with Crippen LogP contribution >= 0.6 is 0 Å². The molecule has 0 aliphatic heterocycles. The number of nitrogens with zero attached hydrogens (tertiary/aromatic N) is 1. The van der Waals surface area contributed by atoms with Crippen molar-refractivity contribution in [2.24, 2.45) is 4.99 Å². The van der Waals surface area contributed by atoms with E-state index in [2.05, 4.69) is 38.5 Å². The topological polar surface area (TPSA) is 41.5 Å². The Balaban J connectivity index is 1.67. The fourth-order valence-electron chi connectivity index (χ4n) is 2.38. The molecule has 3 nitrogen and oxygen atoms in total. The molecule has 0 spiro atoms. The van der Waals surface area contributed by atoms with Gasteiger partial charge in [0.05, 0.1) is 0 Å².